The first-order chi connectivity index (χ1) is 15.7. The van der Waals surface area contributed by atoms with Gasteiger partial charge in [-0.25, -0.2) is 12.8 Å². The van der Waals surface area contributed by atoms with E-state index in [1.807, 2.05) is 0 Å². The molecule has 1 heterocycles. The first-order valence-electron chi connectivity index (χ1n) is 9.66. The van der Waals surface area contributed by atoms with Gasteiger partial charge in [0.25, 0.3) is 10.0 Å². The SMILES string of the molecule is O=C(CN(c1cccc(F)c1)S(=O)(=O)c1ccc2c(c1)OCCO2)Nc1cc(Cl)cc(Cl)c1. The summed E-state index contributed by atoms with van der Waals surface area (Å²) in [5.41, 5.74) is 0.262. The standard InChI is InChI=1S/C22H17Cl2FN2O5S/c23-14-8-15(24)10-17(9-14)26-22(28)13-27(18-3-1-2-16(25)11-18)33(29,30)19-4-5-20-21(12-19)32-7-6-31-20/h1-5,8-12H,6-7,13H2,(H,26,28). The van der Waals surface area contributed by atoms with Gasteiger partial charge in [-0.15, -0.1) is 0 Å². The third-order valence-corrected chi connectivity index (χ3v) is 6.84. The second kappa shape index (κ2) is 9.46. The Morgan fingerprint density at radius 3 is 2.36 bits per heavy atom. The Hall–Kier alpha value is -3.01. The Kier molecular flexibility index (Phi) is 6.64. The minimum absolute atomic E-state index is 0.0239. The summed E-state index contributed by atoms with van der Waals surface area (Å²) in [4.78, 5) is 12.6. The molecule has 1 aliphatic heterocycles. The molecule has 0 spiro atoms. The van der Waals surface area contributed by atoms with Crippen molar-refractivity contribution in [2.24, 2.45) is 0 Å². The van der Waals surface area contributed by atoms with E-state index in [1.165, 1.54) is 54.6 Å². The van der Waals surface area contributed by atoms with Crippen LogP contribution >= 0.6 is 23.2 Å². The zero-order valence-corrected chi connectivity index (χ0v) is 19.3. The molecule has 0 aliphatic carbocycles. The molecule has 1 amide bonds. The van der Waals surface area contributed by atoms with Crippen molar-refractivity contribution < 1.29 is 27.1 Å². The molecule has 11 heteroatoms. The van der Waals surface area contributed by atoms with Crippen LogP contribution in [0.15, 0.2) is 65.6 Å². The maximum absolute atomic E-state index is 13.9. The van der Waals surface area contributed by atoms with E-state index in [0.29, 0.717) is 22.4 Å². The molecule has 33 heavy (non-hydrogen) atoms. The topological polar surface area (TPSA) is 84.9 Å². The first-order valence-corrected chi connectivity index (χ1v) is 11.9. The van der Waals surface area contributed by atoms with Gasteiger partial charge in [-0.05, 0) is 48.5 Å². The van der Waals surface area contributed by atoms with Crippen LogP contribution in [0.1, 0.15) is 0 Å². The van der Waals surface area contributed by atoms with Gasteiger partial charge < -0.3 is 14.8 Å². The number of sulfonamides is 1. The number of carbonyl (C=O) groups is 1. The molecule has 172 valence electrons. The molecule has 0 radical (unpaired) electrons. The Morgan fingerprint density at radius 1 is 0.970 bits per heavy atom. The predicted octanol–water partition coefficient (Wildman–Crippen LogP) is 4.74. The van der Waals surface area contributed by atoms with Crippen LogP contribution in [-0.4, -0.2) is 34.1 Å². The highest BCUT2D eigenvalue weighted by atomic mass is 35.5. The van der Waals surface area contributed by atoms with Crippen molar-refractivity contribution in [2.75, 3.05) is 29.4 Å². The van der Waals surface area contributed by atoms with E-state index in [2.05, 4.69) is 5.32 Å². The summed E-state index contributed by atoms with van der Waals surface area (Å²) in [5.74, 6) is -0.664. The van der Waals surface area contributed by atoms with Gasteiger partial charge in [0.15, 0.2) is 11.5 Å². The number of carbonyl (C=O) groups excluding carboxylic acids is 1. The molecule has 0 unspecified atom stereocenters. The number of benzene rings is 3. The van der Waals surface area contributed by atoms with Crippen LogP contribution in [0.2, 0.25) is 10.0 Å². The lowest BCUT2D eigenvalue weighted by atomic mass is 10.3. The van der Waals surface area contributed by atoms with Crippen molar-refractivity contribution in [3.63, 3.8) is 0 Å². The molecule has 1 aliphatic rings. The number of hydrogen-bond donors (Lipinski definition) is 1. The molecule has 0 saturated heterocycles. The predicted molar refractivity (Wildman–Crippen MR) is 123 cm³/mol. The van der Waals surface area contributed by atoms with E-state index in [1.54, 1.807) is 0 Å². The van der Waals surface area contributed by atoms with Gasteiger partial charge in [-0.2, -0.15) is 0 Å². The monoisotopic (exact) mass is 510 g/mol. The summed E-state index contributed by atoms with van der Waals surface area (Å²) < 4.78 is 52.7. The zero-order chi connectivity index (χ0) is 23.6. The summed E-state index contributed by atoms with van der Waals surface area (Å²) in [6.45, 7) is -0.0126. The largest absolute Gasteiger partial charge is 0.486 e. The summed E-state index contributed by atoms with van der Waals surface area (Å²) in [6, 6.07) is 13.5. The number of nitrogens with one attached hydrogen (secondary N) is 1. The fourth-order valence-electron chi connectivity index (χ4n) is 3.21. The number of nitrogens with zero attached hydrogens (tertiary/aromatic N) is 1. The summed E-state index contributed by atoms with van der Waals surface area (Å²) in [6.07, 6.45) is 0. The van der Waals surface area contributed by atoms with Gasteiger partial charge in [0.1, 0.15) is 25.6 Å². The maximum Gasteiger partial charge on any atom is 0.264 e. The third-order valence-electron chi connectivity index (χ3n) is 4.63. The Bertz CT molecular complexity index is 1300. The van der Waals surface area contributed by atoms with E-state index in [0.717, 1.165) is 10.4 Å². The van der Waals surface area contributed by atoms with Gasteiger partial charge in [0.2, 0.25) is 5.91 Å². The van der Waals surface area contributed by atoms with Crippen LogP contribution in [0.5, 0.6) is 11.5 Å². The molecule has 1 N–H and O–H groups in total. The van der Waals surface area contributed by atoms with E-state index in [-0.39, 0.29) is 28.6 Å². The van der Waals surface area contributed by atoms with E-state index in [9.17, 15) is 17.6 Å². The van der Waals surface area contributed by atoms with Crippen LogP contribution in [-0.2, 0) is 14.8 Å². The Morgan fingerprint density at radius 2 is 1.67 bits per heavy atom. The maximum atomic E-state index is 13.9. The number of fused-ring (bicyclic) bond motifs is 1. The molecule has 3 aromatic carbocycles. The van der Waals surface area contributed by atoms with E-state index < -0.39 is 28.3 Å². The highest BCUT2D eigenvalue weighted by Gasteiger charge is 2.29. The normalized spacial score (nSPS) is 12.8. The third kappa shape index (κ3) is 5.32. The van der Waals surface area contributed by atoms with Crippen molar-refractivity contribution >= 4 is 50.5 Å². The van der Waals surface area contributed by atoms with E-state index in [4.69, 9.17) is 32.7 Å². The number of anilines is 2. The fourth-order valence-corrected chi connectivity index (χ4v) is 5.17. The quantitative estimate of drug-likeness (QED) is 0.517. The molecule has 0 aromatic heterocycles. The second-order valence-electron chi connectivity index (χ2n) is 7.00. The molecule has 3 aromatic rings. The fraction of sp³-hybridized carbons (Fsp3) is 0.136. The molecule has 0 bridgehead atoms. The zero-order valence-electron chi connectivity index (χ0n) is 16.9. The second-order valence-corrected chi connectivity index (χ2v) is 9.74. The van der Waals surface area contributed by atoms with Crippen molar-refractivity contribution in [2.45, 2.75) is 4.90 Å². The number of rotatable bonds is 6. The molecule has 0 atom stereocenters. The number of ether oxygens (including phenoxy) is 2. The summed E-state index contributed by atoms with van der Waals surface area (Å²) in [7, 11) is -4.29. The van der Waals surface area contributed by atoms with Crippen LogP contribution < -0.4 is 19.1 Å². The van der Waals surface area contributed by atoms with Crippen molar-refractivity contribution in [1.29, 1.82) is 0 Å². The van der Waals surface area contributed by atoms with Gasteiger partial charge in [-0.1, -0.05) is 29.3 Å². The lowest BCUT2D eigenvalue weighted by molar-refractivity contribution is -0.114. The number of hydrogen-bond acceptors (Lipinski definition) is 5. The number of amides is 1. The lowest BCUT2D eigenvalue weighted by Gasteiger charge is -2.25. The number of halogens is 3. The van der Waals surface area contributed by atoms with Crippen LogP contribution in [0.25, 0.3) is 0 Å². The first kappa shape index (κ1) is 23.2. The van der Waals surface area contributed by atoms with Gasteiger partial charge in [0.05, 0.1) is 10.6 Å². The molecule has 0 fully saturated rings. The van der Waals surface area contributed by atoms with E-state index >= 15 is 0 Å². The van der Waals surface area contributed by atoms with Crippen molar-refractivity contribution in [1.82, 2.24) is 0 Å². The van der Waals surface area contributed by atoms with Gasteiger partial charge in [-0.3, -0.25) is 9.10 Å². The minimum Gasteiger partial charge on any atom is -0.486 e. The highest BCUT2D eigenvalue weighted by molar-refractivity contribution is 7.92. The van der Waals surface area contributed by atoms with Crippen molar-refractivity contribution in [3.8, 4) is 11.5 Å². The molecule has 4 rings (SSSR count). The smallest absolute Gasteiger partial charge is 0.264 e. The van der Waals surface area contributed by atoms with Gasteiger partial charge >= 0.3 is 0 Å². The average Bonchev–Trinajstić information content (AvgIpc) is 2.76. The Labute approximate surface area is 199 Å². The summed E-state index contributed by atoms with van der Waals surface area (Å²) >= 11 is 11.9. The van der Waals surface area contributed by atoms with Crippen LogP contribution in [0, 0.1) is 5.82 Å². The highest BCUT2D eigenvalue weighted by Crippen LogP contribution is 2.34. The van der Waals surface area contributed by atoms with Crippen LogP contribution in [0.4, 0.5) is 15.8 Å². The molecular formula is C22H17Cl2FN2O5S. The molecular weight excluding hydrogens is 494 g/mol. The van der Waals surface area contributed by atoms with Gasteiger partial charge in [0, 0.05) is 21.8 Å². The lowest BCUT2D eigenvalue weighted by Crippen LogP contribution is -2.38. The average molecular weight is 511 g/mol. The molecule has 7 nitrogen and oxygen atoms in total. The summed E-state index contributed by atoms with van der Waals surface area (Å²) in [5, 5.41) is 3.15. The van der Waals surface area contributed by atoms with Crippen molar-refractivity contribution in [3.05, 3.63) is 76.5 Å². The Balaban J connectivity index is 1.68. The molecule has 0 saturated carbocycles. The minimum atomic E-state index is -4.29. The van der Waals surface area contributed by atoms with Crippen LogP contribution in [0.3, 0.4) is 0 Å².